The quantitative estimate of drug-likeness (QED) is 0.394. The summed E-state index contributed by atoms with van der Waals surface area (Å²) in [7, 11) is -1.18. The van der Waals surface area contributed by atoms with E-state index in [1.54, 1.807) is 24.3 Å². The molecule has 1 saturated heterocycles. The number of sulfonamides is 1. The van der Waals surface area contributed by atoms with E-state index >= 15 is 0 Å². The van der Waals surface area contributed by atoms with Gasteiger partial charge in [-0.1, -0.05) is 6.92 Å². The Bertz CT molecular complexity index is 1120. The lowest BCUT2D eigenvalue weighted by Gasteiger charge is -2.30. The van der Waals surface area contributed by atoms with E-state index in [1.165, 1.54) is 45.3 Å². The highest BCUT2D eigenvalue weighted by atomic mass is 32.2. The molecule has 1 N–H and O–H groups in total. The van der Waals surface area contributed by atoms with Gasteiger partial charge in [-0.15, -0.1) is 0 Å². The number of nitrogens with zero attached hydrogens (tertiary/aromatic N) is 2. The van der Waals surface area contributed by atoms with Crippen molar-refractivity contribution in [2.24, 2.45) is 5.92 Å². The number of likely N-dealkylation sites (tertiary alicyclic amines) is 1. The minimum Gasteiger partial charge on any atom is -0.494 e. The fraction of sp³-hybridized carbons (Fsp3) is 0.519. The Morgan fingerprint density at radius 3 is 2.35 bits per heavy atom. The van der Waals surface area contributed by atoms with Gasteiger partial charge >= 0.3 is 0 Å². The minimum absolute atomic E-state index is 0.00818. The van der Waals surface area contributed by atoms with Crippen molar-refractivity contribution >= 4 is 21.6 Å². The molecule has 1 amide bonds. The number of amides is 1. The maximum absolute atomic E-state index is 13.7. The monoisotopic (exact) mass is 533 g/mol. The second-order valence-electron chi connectivity index (χ2n) is 9.18. The van der Waals surface area contributed by atoms with E-state index in [2.05, 4.69) is 17.1 Å². The molecule has 0 aromatic heterocycles. The summed E-state index contributed by atoms with van der Waals surface area (Å²) >= 11 is 0. The molecule has 9 nitrogen and oxygen atoms in total. The highest BCUT2D eigenvalue weighted by Crippen LogP contribution is 2.32. The summed E-state index contributed by atoms with van der Waals surface area (Å²) in [5.41, 5.74) is 0.357. The van der Waals surface area contributed by atoms with Crippen LogP contribution in [0.3, 0.4) is 0 Å². The Morgan fingerprint density at radius 2 is 1.73 bits per heavy atom. The van der Waals surface area contributed by atoms with E-state index in [9.17, 15) is 13.2 Å². The maximum atomic E-state index is 13.7. The van der Waals surface area contributed by atoms with Crippen LogP contribution in [0.15, 0.2) is 47.4 Å². The predicted molar refractivity (Wildman–Crippen MR) is 144 cm³/mol. The minimum atomic E-state index is -4.10. The number of nitrogens with one attached hydrogen (secondary N) is 1. The Labute approximate surface area is 220 Å². The third-order valence-corrected chi connectivity index (χ3v) is 8.29. The van der Waals surface area contributed by atoms with Crippen LogP contribution in [-0.4, -0.2) is 72.8 Å². The van der Waals surface area contributed by atoms with Crippen LogP contribution in [-0.2, 0) is 14.8 Å². The van der Waals surface area contributed by atoms with Gasteiger partial charge in [-0.05, 0) is 88.1 Å². The molecular formula is C27H39N3O6S. The number of hydrogen-bond donors (Lipinski definition) is 1. The number of methoxy groups -OCH3 is 2. The van der Waals surface area contributed by atoms with E-state index in [0.29, 0.717) is 30.3 Å². The first-order valence-corrected chi connectivity index (χ1v) is 14.2. The molecule has 1 aliphatic rings. The average molecular weight is 534 g/mol. The predicted octanol–water partition coefficient (Wildman–Crippen LogP) is 3.54. The standard InChI is InChI=1S/C27H39N3O6S/c1-5-36-23-9-7-22(8-10-23)30(37(32,33)24-11-12-25(34-3)26(19-24)35-4)20-27(31)28-15-6-16-29-17-13-21(2)14-18-29/h7-12,19,21H,5-6,13-18,20H2,1-4H3,(H,28,31). The van der Waals surface area contributed by atoms with Gasteiger partial charge < -0.3 is 24.4 Å². The molecule has 2 aromatic rings. The lowest BCUT2D eigenvalue weighted by Crippen LogP contribution is -2.42. The van der Waals surface area contributed by atoms with Gasteiger partial charge in [0.15, 0.2) is 11.5 Å². The molecule has 1 aliphatic heterocycles. The molecule has 0 atom stereocenters. The number of carbonyl (C=O) groups excluding carboxylic acids is 1. The number of rotatable bonds is 13. The lowest BCUT2D eigenvalue weighted by molar-refractivity contribution is -0.119. The van der Waals surface area contributed by atoms with Gasteiger partial charge in [0.25, 0.3) is 10.0 Å². The number of benzene rings is 2. The zero-order chi connectivity index (χ0) is 26.8. The van der Waals surface area contributed by atoms with Crippen LogP contribution in [0.5, 0.6) is 17.2 Å². The summed E-state index contributed by atoms with van der Waals surface area (Å²) in [5, 5.41) is 2.89. The fourth-order valence-corrected chi connectivity index (χ4v) is 5.73. The van der Waals surface area contributed by atoms with Crippen LogP contribution < -0.4 is 23.8 Å². The Hall–Kier alpha value is -2.98. The van der Waals surface area contributed by atoms with Gasteiger partial charge in [-0.25, -0.2) is 8.42 Å². The van der Waals surface area contributed by atoms with Crippen LogP contribution in [0.1, 0.15) is 33.1 Å². The van der Waals surface area contributed by atoms with Crippen LogP contribution >= 0.6 is 0 Å². The second kappa shape index (κ2) is 13.5. The molecule has 0 bridgehead atoms. The van der Waals surface area contributed by atoms with Crippen molar-refractivity contribution in [2.45, 2.75) is 38.0 Å². The van der Waals surface area contributed by atoms with Crippen molar-refractivity contribution in [3.8, 4) is 17.2 Å². The van der Waals surface area contributed by atoms with Gasteiger partial charge in [0.1, 0.15) is 12.3 Å². The molecule has 204 valence electrons. The van der Waals surface area contributed by atoms with Crippen LogP contribution in [0.4, 0.5) is 5.69 Å². The van der Waals surface area contributed by atoms with Gasteiger partial charge in [-0.2, -0.15) is 0 Å². The Morgan fingerprint density at radius 1 is 1.05 bits per heavy atom. The first kappa shape index (κ1) is 28.6. The number of piperidine rings is 1. The fourth-order valence-electron chi connectivity index (χ4n) is 4.30. The normalized spacial score (nSPS) is 14.7. The number of carbonyl (C=O) groups is 1. The van der Waals surface area contributed by atoms with E-state index in [-0.39, 0.29) is 23.1 Å². The second-order valence-corrected chi connectivity index (χ2v) is 11.0. The van der Waals surface area contributed by atoms with E-state index < -0.39 is 10.0 Å². The highest BCUT2D eigenvalue weighted by molar-refractivity contribution is 7.92. The van der Waals surface area contributed by atoms with Crippen LogP contribution in [0.25, 0.3) is 0 Å². The van der Waals surface area contributed by atoms with Crippen molar-refractivity contribution in [3.63, 3.8) is 0 Å². The number of ether oxygens (including phenoxy) is 3. The Kier molecular flexibility index (Phi) is 10.5. The van der Waals surface area contributed by atoms with E-state index in [1.807, 2.05) is 6.92 Å². The maximum Gasteiger partial charge on any atom is 0.264 e. The van der Waals surface area contributed by atoms with Crippen molar-refractivity contribution in [1.82, 2.24) is 10.2 Å². The van der Waals surface area contributed by atoms with Gasteiger partial charge in [0.05, 0.1) is 31.4 Å². The molecule has 3 rings (SSSR count). The largest absolute Gasteiger partial charge is 0.494 e. The van der Waals surface area contributed by atoms with Gasteiger partial charge in [-0.3, -0.25) is 9.10 Å². The molecule has 1 heterocycles. The smallest absolute Gasteiger partial charge is 0.264 e. The molecule has 0 unspecified atom stereocenters. The summed E-state index contributed by atoms with van der Waals surface area (Å²) in [6, 6.07) is 11.0. The Balaban J connectivity index is 1.74. The van der Waals surface area contributed by atoms with Gasteiger partial charge in [0, 0.05) is 12.6 Å². The average Bonchev–Trinajstić information content (AvgIpc) is 2.91. The van der Waals surface area contributed by atoms with Crippen molar-refractivity contribution < 1.29 is 27.4 Å². The molecule has 2 aromatic carbocycles. The third-order valence-electron chi connectivity index (χ3n) is 6.52. The van der Waals surface area contributed by atoms with Gasteiger partial charge in [0.2, 0.25) is 5.91 Å². The topological polar surface area (TPSA) is 97.4 Å². The van der Waals surface area contributed by atoms with Crippen molar-refractivity contribution in [2.75, 3.05) is 57.9 Å². The zero-order valence-electron chi connectivity index (χ0n) is 22.2. The lowest BCUT2D eigenvalue weighted by atomic mass is 9.99. The summed E-state index contributed by atoms with van der Waals surface area (Å²) in [5.74, 6) is 1.72. The van der Waals surface area contributed by atoms with E-state index in [0.717, 1.165) is 36.3 Å². The first-order valence-electron chi connectivity index (χ1n) is 12.7. The molecule has 0 radical (unpaired) electrons. The zero-order valence-corrected chi connectivity index (χ0v) is 23.1. The van der Waals surface area contributed by atoms with Crippen molar-refractivity contribution in [3.05, 3.63) is 42.5 Å². The first-order chi connectivity index (χ1) is 17.8. The molecule has 10 heteroatoms. The molecule has 37 heavy (non-hydrogen) atoms. The molecule has 0 spiro atoms. The summed E-state index contributed by atoms with van der Waals surface area (Å²) in [6.45, 7) is 7.87. The summed E-state index contributed by atoms with van der Waals surface area (Å²) < 4.78 is 44.6. The SMILES string of the molecule is CCOc1ccc(N(CC(=O)NCCCN2CCC(C)CC2)S(=O)(=O)c2ccc(OC)c(OC)c2)cc1. The molecule has 0 saturated carbocycles. The third kappa shape index (κ3) is 7.75. The summed E-state index contributed by atoms with van der Waals surface area (Å²) in [4.78, 5) is 15.3. The van der Waals surface area contributed by atoms with E-state index in [4.69, 9.17) is 14.2 Å². The molecule has 1 fully saturated rings. The van der Waals surface area contributed by atoms with Crippen LogP contribution in [0, 0.1) is 5.92 Å². The highest BCUT2D eigenvalue weighted by Gasteiger charge is 2.28. The number of hydrogen-bond acceptors (Lipinski definition) is 7. The van der Waals surface area contributed by atoms with Crippen molar-refractivity contribution in [1.29, 1.82) is 0 Å². The summed E-state index contributed by atoms with van der Waals surface area (Å²) in [6.07, 6.45) is 3.22. The molecular weight excluding hydrogens is 494 g/mol. The van der Waals surface area contributed by atoms with Crippen LogP contribution in [0.2, 0.25) is 0 Å². The molecule has 0 aliphatic carbocycles. The number of anilines is 1.